The maximum absolute atomic E-state index is 11.8. The van der Waals surface area contributed by atoms with Crippen molar-refractivity contribution in [1.29, 1.82) is 0 Å². The highest BCUT2D eigenvalue weighted by Crippen LogP contribution is 2.08. The Hall–Kier alpha value is -2.37. The van der Waals surface area contributed by atoms with Crippen LogP contribution in [0.5, 0.6) is 0 Å². The Morgan fingerprint density at radius 1 is 1.33 bits per heavy atom. The highest BCUT2D eigenvalue weighted by atomic mass is 16.5. The van der Waals surface area contributed by atoms with Crippen molar-refractivity contribution in [3.05, 3.63) is 42.0 Å². The third-order valence-electron chi connectivity index (χ3n) is 2.47. The van der Waals surface area contributed by atoms with Gasteiger partial charge in [0.05, 0.1) is 0 Å². The first-order valence-corrected chi connectivity index (χ1v) is 5.61. The van der Waals surface area contributed by atoms with E-state index in [1.807, 2.05) is 19.2 Å². The molecule has 2 aromatic rings. The molecule has 0 bridgehead atoms. The Bertz CT molecular complexity index is 493. The van der Waals surface area contributed by atoms with Crippen LogP contribution in [0.3, 0.4) is 0 Å². The second-order valence-corrected chi connectivity index (χ2v) is 3.67. The highest BCUT2D eigenvalue weighted by Gasteiger charge is 2.05. The van der Waals surface area contributed by atoms with Crippen LogP contribution in [0.2, 0.25) is 0 Å². The average Bonchev–Trinajstić information content (AvgIpc) is 2.92. The molecule has 1 aromatic carbocycles. The van der Waals surface area contributed by atoms with Crippen LogP contribution < -0.4 is 10.6 Å². The Kier molecular flexibility index (Phi) is 3.90. The van der Waals surface area contributed by atoms with Crippen LogP contribution in [0.25, 0.3) is 0 Å². The number of amides is 1. The zero-order valence-corrected chi connectivity index (χ0v) is 10.0. The van der Waals surface area contributed by atoms with Gasteiger partial charge in [-0.25, -0.2) is 0 Å². The summed E-state index contributed by atoms with van der Waals surface area (Å²) in [6.45, 7) is 0.467. The van der Waals surface area contributed by atoms with Crippen molar-refractivity contribution < 1.29 is 9.32 Å². The predicted octanol–water partition coefficient (Wildman–Crippen LogP) is 1.08. The SMILES string of the molecule is CNc1ccc(C(=O)NCCc2ncno2)cc1. The first-order chi connectivity index (χ1) is 8.79. The average molecular weight is 246 g/mol. The molecule has 18 heavy (non-hydrogen) atoms. The zero-order valence-electron chi connectivity index (χ0n) is 10.0. The number of anilines is 1. The summed E-state index contributed by atoms with van der Waals surface area (Å²) in [7, 11) is 1.83. The van der Waals surface area contributed by atoms with Gasteiger partial charge in [0, 0.05) is 31.3 Å². The summed E-state index contributed by atoms with van der Waals surface area (Å²) in [5.41, 5.74) is 1.59. The maximum atomic E-state index is 11.8. The number of rotatable bonds is 5. The topological polar surface area (TPSA) is 80.0 Å². The van der Waals surface area contributed by atoms with Crippen molar-refractivity contribution in [3.63, 3.8) is 0 Å². The number of aromatic nitrogens is 2. The van der Waals surface area contributed by atoms with Gasteiger partial charge in [-0.15, -0.1) is 0 Å². The summed E-state index contributed by atoms with van der Waals surface area (Å²) in [6.07, 6.45) is 1.87. The quantitative estimate of drug-likeness (QED) is 0.825. The molecule has 1 amide bonds. The Balaban J connectivity index is 1.83. The molecule has 94 valence electrons. The van der Waals surface area contributed by atoms with Crippen LogP contribution in [0.4, 0.5) is 5.69 Å². The monoisotopic (exact) mass is 246 g/mol. The van der Waals surface area contributed by atoms with E-state index in [2.05, 4.69) is 20.8 Å². The fourth-order valence-electron chi connectivity index (χ4n) is 1.48. The maximum Gasteiger partial charge on any atom is 0.251 e. The molecule has 2 N–H and O–H groups in total. The molecule has 0 spiro atoms. The highest BCUT2D eigenvalue weighted by molar-refractivity contribution is 5.94. The van der Waals surface area contributed by atoms with E-state index < -0.39 is 0 Å². The molecule has 0 atom stereocenters. The Morgan fingerprint density at radius 3 is 2.72 bits per heavy atom. The molecule has 1 aromatic heterocycles. The summed E-state index contributed by atoms with van der Waals surface area (Å²) in [5, 5.41) is 9.27. The minimum absolute atomic E-state index is 0.114. The molecule has 6 heteroatoms. The molecule has 0 saturated heterocycles. The summed E-state index contributed by atoms with van der Waals surface area (Å²) in [6, 6.07) is 7.25. The number of benzene rings is 1. The molecule has 0 saturated carbocycles. The second-order valence-electron chi connectivity index (χ2n) is 3.67. The van der Waals surface area contributed by atoms with Gasteiger partial charge in [0.15, 0.2) is 6.33 Å². The van der Waals surface area contributed by atoms with Crippen LogP contribution in [-0.4, -0.2) is 29.6 Å². The number of nitrogens with one attached hydrogen (secondary N) is 2. The molecule has 0 unspecified atom stereocenters. The smallest absolute Gasteiger partial charge is 0.251 e. The molecule has 0 aliphatic heterocycles. The summed E-state index contributed by atoms with van der Waals surface area (Å²) >= 11 is 0. The van der Waals surface area contributed by atoms with Gasteiger partial charge >= 0.3 is 0 Å². The van der Waals surface area contributed by atoms with Crippen LogP contribution in [0.15, 0.2) is 35.1 Å². The van der Waals surface area contributed by atoms with Gasteiger partial charge in [0.1, 0.15) is 0 Å². The van der Waals surface area contributed by atoms with Gasteiger partial charge in [0.25, 0.3) is 5.91 Å². The number of hydrogen-bond donors (Lipinski definition) is 2. The number of nitrogens with zero attached hydrogens (tertiary/aromatic N) is 2. The third kappa shape index (κ3) is 3.07. The summed E-state index contributed by atoms with van der Waals surface area (Å²) < 4.78 is 4.83. The fourth-order valence-corrected chi connectivity index (χ4v) is 1.48. The van der Waals surface area contributed by atoms with E-state index in [0.29, 0.717) is 24.4 Å². The van der Waals surface area contributed by atoms with Gasteiger partial charge in [-0.3, -0.25) is 4.79 Å². The van der Waals surface area contributed by atoms with Crippen LogP contribution in [0.1, 0.15) is 16.2 Å². The lowest BCUT2D eigenvalue weighted by atomic mass is 10.2. The first-order valence-electron chi connectivity index (χ1n) is 5.61. The summed E-state index contributed by atoms with van der Waals surface area (Å²) in [5.74, 6) is 0.401. The van der Waals surface area contributed by atoms with E-state index in [-0.39, 0.29) is 5.91 Å². The first kappa shape index (κ1) is 12.1. The van der Waals surface area contributed by atoms with Gasteiger partial charge in [-0.05, 0) is 24.3 Å². The molecular formula is C12H14N4O2. The van der Waals surface area contributed by atoms with Crippen molar-refractivity contribution in [2.24, 2.45) is 0 Å². The van der Waals surface area contributed by atoms with Crippen LogP contribution in [0, 0.1) is 0 Å². The van der Waals surface area contributed by atoms with E-state index in [4.69, 9.17) is 4.52 Å². The van der Waals surface area contributed by atoms with Crippen LogP contribution >= 0.6 is 0 Å². The lowest BCUT2D eigenvalue weighted by molar-refractivity contribution is 0.0953. The minimum atomic E-state index is -0.114. The van der Waals surface area contributed by atoms with E-state index >= 15 is 0 Å². The normalized spacial score (nSPS) is 10.1. The predicted molar refractivity (Wildman–Crippen MR) is 66.3 cm³/mol. The lowest BCUT2D eigenvalue weighted by Gasteiger charge is -2.04. The van der Waals surface area contributed by atoms with Gasteiger partial charge < -0.3 is 15.2 Å². The zero-order chi connectivity index (χ0) is 12.8. The van der Waals surface area contributed by atoms with E-state index in [0.717, 1.165) is 5.69 Å². The molecule has 0 aliphatic rings. The van der Waals surface area contributed by atoms with Gasteiger partial charge in [-0.2, -0.15) is 4.98 Å². The molecule has 6 nitrogen and oxygen atoms in total. The number of hydrogen-bond acceptors (Lipinski definition) is 5. The largest absolute Gasteiger partial charge is 0.388 e. The standard InChI is InChI=1S/C12H14N4O2/c1-13-10-4-2-9(3-5-10)12(17)14-7-6-11-15-8-16-18-11/h2-5,8,13H,6-7H2,1H3,(H,14,17). The number of carbonyl (C=O) groups is 1. The van der Waals surface area contributed by atoms with Crippen LogP contribution in [-0.2, 0) is 6.42 Å². The lowest BCUT2D eigenvalue weighted by Crippen LogP contribution is -2.25. The molecule has 0 fully saturated rings. The van der Waals surface area contributed by atoms with Crippen molar-refractivity contribution in [2.45, 2.75) is 6.42 Å². The van der Waals surface area contributed by atoms with Crippen molar-refractivity contribution in [1.82, 2.24) is 15.5 Å². The Labute approximate surface area is 104 Å². The minimum Gasteiger partial charge on any atom is -0.388 e. The molecule has 2 rings (SSSR count). The second kappa shape index (κ2) is 5.81. The van der Waals surface area contributed by atoms with Crippen molar-refractivity contribution >= 4 is 11.6 Å². The van der Waals surface area contributed by atoms with E-state index in [9.17, 15) is 4.79 Å². The van der Waals surface area contributed by atoms with Gasteiger partial charge in [-0.1, -0.05) is 5.16 Å². The fraction of sp³-hybridized carbons (Fsp3) is 0.250. The molecule has 0 radical (unpaired) electrons. The van der Waals surface area contributed by atoms with Crippen molar-refractivity contribution in [3.8, 4) is 0 Å². The molecule has 0 aliphatic carbocycles. The third-order valence-corrected chi connectivity index (χ3v) is 2.47. The summed E-state index contributed by atoms with van der Waals surface area (Å²) in [4.78, 5) is 15.6. The van der Waals surface area contributed by atoms with E-state index in [1.165, 1.54) is 6.33 Å². The van der Waals surface area contributed by atoms with Gasteiger partial charge in [0.2, 0.25) is 5.89 Å². The molecule has 1 heterocycles. The van der Waals surface area contributed by atoms with Crippen molar-refractivity contribution in [2.75, 3.05) is 18.9 Å². The molecular weight excluding hydrogens is 232 g/mol. The van der Waals surface area contributed by atoms with E-state index in [1.54, 1.807) is 12.1 Å². The number of carbonyl (C=O) groups excluding carboxylic acids is 1. The Morgan fingerprint density at radius 2 is 2.11 bits per heavy atom.